The van der Waals surface area contributed by atoms with Crippen molar-refractivity contribution in [3.8, 4) is 11.8 Å². The largest absolute Gasteiger partial charge is 0.213 e. The highest BCUT2D eigenvalue weighted by Crippen LogP contribution is 2.19. The molecule has 6 nitrogen and oxygen atoms in total. The Balaban J connectivity index is 2.46. The van der Waals surface area contributed by atoms with Gasteiger partial charge in [-0.15, -0.1) is 0 Å². The molecule has 2 aromatic rings. The highest BCUT2D eigenvalue weighted by atomic mass is 32.2. The fourth-order valence-corrected chi connectivity index (χ4v) is 2.73. The van der Waals surface area contributed by atoms with E-state index in [1.54, 1.807) is 24.3 Å². The number of hydrogen-bond acceptors (Lipinski definition) is 3. The normalized spacial score (nSPS) is 11.8. The zero-order valence-electron chi connectivity index (χ0n) is 13.3. The summed E-state index contributed by atoms with van der Waals surface area (Å²) in [5.74, 6) is 5.81. The Labute approximate surface area is 141 Å². The van der Waals surface area contributed by atoms with Crippen LogP contribution in [0.4, 0.5) is 5.69 Å². The smallest absolute Gasteiger partial charge is 0.210 e. The third-order valence-electron chi connectivity index (χ3n) is 3.12. The number of rotatable bonds is 4. The maximum atomic E-state index is 11.6. The fourth-order valence-electron chi connectivity index (χ4n) is 2.11. The molecule has 0 aliphatic carbocycles. The predicted octanol–water partition coefficient (Wildman–Crippen LogP) is 3.58. The SMILES string of the molecule is Cc1cccc(C(C#Cc2ccccc2N=[N+]=[N-])NS(C)(=O)=O)c1. The van der Waals surface area contributed by atoms with Gasteiger partial charge in [0, 0.05) is 10.5 Å². The molecule has 0 saturated carbocycles. The monoisotopic (exact) mass is 340 g/mol. The summed E-state index contributed by atoms with van der Waals surface area (Å²) in [6.07, 6.45) is 1.09. The second kappa shape index (κ2) is 7.66. The van der Waals surface area contributed by atoms with Crippen molar-refractivity contribution in [2.45, 2.75) is 13.0 Å². The van der Waals surface area contributed by atoms with Gasteiger partial charge in [-0.05, 0) is 24.1 Å². The summed E-state index contributed by atoms with van der Waals surface area (Å²) in [5.41, 5.74) is 11.3. The molecule has 0 aliphatic rings. The second-order valence-electron chi connectivity index (χ2n) is 5.21. The summed E-state index contributed by atoms with van der Waals surface area (Å²) in [6.45, 7) is 1.92. The summed E-state index contributed by atoms with van der Waals surface area (Å²) in [5, 5.41) is 3.59. The van der Waals surface area contributed by atoms with Crippen molar-refractivity contribution in [3.05, 3.63) is 75.7 Å². The summed E-state index contributed by atoms with van der Waals surface area (Å²) < 4.78 is 25.8. The second-order valence-corrected chi connectivity index (χ2v) is 6.99. The highest BCUT2D eigenvalue weighted by Gasteiger charge is 2.13. The highest BCUT2D eigenvalue weighted by molar-refractivity contribution is 7.88. The van der Waals surface area contributed by atoms with Crippen LogP contribution in [0.2, 0.25) is 0 Å². The maximum Gasteiger partial charge on any atom is 0.210 e. The predicted molar refractivity (Wildman–Crippen MR) is 94.0 cm³/mol. The summed E-state index contributed by atoms with van der Waals surface area (Å²) in [4.78, 5) is 2.77. The first-order valence-electron chi connectivity index (χ1n) is 7.08. The van der Waals surface area contributed by atoms with E-state index >= 15 is 0 Å². The summed E-state index contributed by atoms with van der Waals surface area (Å²) in [7, 11) is -3.44. The van der Waals surface area contributed by atoms with Crippen LogP contribution in [0.15, 0.2) is 53.6 Å². The molecule has 1 atom stereocenters. The van der Waals surface area contributed by atoms with Gasteiger partial charge in [0.2, 0.25) is 10.0 Å². The van der Waals surface area contributed by atoms with Gasteiger partial charge < -0.3 is 0 Å². The molecule has 0 bridgehead atoms. The molecule has 1 N–H and O–H groups in total. The Kier molecular flexibility index (Phi) is 5.61. The molecule has 0 saturated heterocycles. The molecule has 1 unspecified atom stereocenters. The number of nitrogens with zero attached hydrogens (tertiary/aromatic N) is 3. The number of sulfonamides is 1. The number of aryl methyl sites for hydroxylation is 1. The lowest BCUT2D eigenvalue weighted by Crippen LogP contribution is -2.26. The molecule has 24 heavy (non-hydrogen) atoms. The first-order chi connectivity index (χ1) is 11.4. The molecule has 0 aromatic heterocycles. The molecule has 0 heterocycles. The molecule has 122 valence electrons. The van der Waals surface area contributed by atoms with Crippen LogP contribution in [-0.2, 0) is 10.0 Å². The average molecular weight is 340 g/mol. The third kappa shape index (κ3) is 5.14. The Morgan fingerprint density at radius 2 is 1.96 bits per heavy atom. The third-order valence-corrected chi connectivity index (χ3v) is 3.78. The van der Waals surface area contributed by atoms with Crippen molar-refractivity contribution < 1.29 is 8.42 Å². The van der Waals surface area contributed by atoms with Gasteiger partial charge >= 0.3 is 0 Å². The summed E-state index contributed by atoms with van der Waals surface area (Å²) >= 11 is 0. The molecule has 0 aliphatic heterocycles. The standard InChI is InChI=1S/C17H16N4O2S/c1-13-6-5-8-15(12-13)17(20-24(2,22)23)11-10-14-7-3-4-9-16(14)19-21-18/h3-9,12,17,20H,1-2H3. The van der Waals surface area contributed by atoms with Crippen molar-refractivity contribution in [3.63, 3.8) is 0 Å². The topological polar surface area (TPSA) is 94.9 Å². The van der Waals surface area contributed by atoms with Crippen LogP contribution in [0.3, 0.4) is 0 Å². The minimum absolute atomic E-state index is 0.398. The zero-order chi connectivity index (χ0) is 17.6. The van der Waals surface area contributed by atoms with Crippen LogP contribution in [0, 0.1) is 18.8 Å². The van der Waals surface area contributed by atoms with E-state index < -0.39 is 16.1 Å². The van der Waals surface area contributed by atoms with Gasteiger partial charge in [-0.1, -0.05) is 65.0 Å². The lowest BCUT2D eigenvalue weighted by Gasteiger charge is -2.12. The first-order valence-corrected chi connectivity index (χ1v) is 8.98. The Morgan fingerprint density at radius 3 is 2.62 bits per heavy atom. The number of benzene rings is 2. The molecule has 0 radical (unpaired) electrons. The maximum absolute atomic E-state index is 11.6. The van der Waals surface area contributed by atoms with Crippen molar-refractivity contribution >= 4 is 15.7 Å². The number of nitrogens with one attached hydrogen (secondary N) is 1. The van der Waals surface area contributed by atoms with Gasteiger partial charge in [-0.2, -0.15) is 4.72 Å². The lowest BCUT2D eigenvalue weighted by molar-refractivity contribution is 0.582. The fraction of sp³-hybridized carbons (Fsp3) is 0.176. The molecule has 0 amide bonds. The first kappa shape index (κ1) is 17.6. The van der Waals surface area contributed by atoms with Gasteiger partial charge in [-0.25, -0.2) is 8.42 Å². The van der Waals surface area contributed by atoms with Gasteiger partial charge in [-0.3, -0.25) is 0 Å². The van der Waals surface area contributed by atoms with Crippen LogP contribution in [0.25, 0.3) is 10.4 Å². The zero-order valence-corrected chi connectivity index (χ0v) is 14.1. The van der Waals surface area contributed by atoms with E-state index in [4.69, 9.17) is 5.53 Å². The van der Waals surface area contributed by atoms with Crippen LogP contribution < -0.4 is 4.72 Å². The van der Waals surface area contributed by atoms with Crippen molar-refractivity contribution in [1.29, 1.82) is 0 Å². The molecular weight excluding hydrogens is 324 g/mol. The molecule has 7 heteroatoms. The van der Waals surface area contributed by atoms with Crippen LogP contribution in [0.5, 0.6) is 0 Å². The lowest BCUT2D eigenvalue weighted by atomic mass is 10.0. The molecule has 0 fully saturated rings. The Bertz CT molecular complexity index is 952. The Hall–Kier alpha value is -2.78. The average Bonchev–Trinajstić information content (AvgIpc) is 2.52. The molecule has 2 rings (SSSR count). The van der Waals surface area contributed by atoms with Gasteiger partial charge in [0.25, 0.3) is 0 Å². The van der Waals surface area contributed by atoms with Crippen molar-refractivity contribution in [2.75, 3.05) is 6.26 Å². The number of hydrogen-bond donors (Lipinski definition) is 1. The summed E-state index contributed by atoms with van der Waals surface area (Å²) in [6, 6.07) is 13.6. The van der Waals surface area contributed by atoms with Crippen LogP contribution >= 0.6 is 0 Å². The van der Waals surface area contributed by atoms with E-state index in [1.807, 2.05) is 31.2 Å². The molecule has 2 aromatic carbocycles. The van der Waals surface area contributed by atoms with Gasteiger partial charge in [0.05, 0.1) is 11.9 Å². The minimum atomic E-state index is -3.44. The Morgan fingerprint density at radius 1 is 1.21 bits per heavy atom. The van der Waals surface area contributed by atoms with Crippen LogP contribution in [0.1, 0.15) is 22.7 Å². The van der Waals surface area contributed by atoms with Gasteiger partial charge in [0.15, 0.2) is 0 Å². The van der Waals surface area contributed by atoms with Crippen molar-refractivity contribution in [2.24, 2.45) is 5.11 Å². The van der Waals surface area contributed by atoms with Crippen molar-refractivity contribution in [1.82, 2.24) is 4.72 Å². The molecule has 0 spiro atoms. The van der Waals surface area contributed by atoms with E-state index in [9.17, 15) is 8.42 Å². The van der Waals surface area contributed by atoms with E-state index in [0.717, 1.165) is 17.4 Å². The van der Waals surface area contributed by atoms with E-state index in [1.165, 1.54) is 0 Å². The van der Waals surface area contributed by atoms with Gasteiger partial charge in [0.1, 0.15) is 6.04 Å². The van der Waals surface area contributed by atoms with Crippen LogP contribution in [-0.4, -0.2) is 14.7 Å². The molecular formula is C17H16N4O2S. The minimum Gasteiger partial charge on any atom is -0.213 e. The van der Waals surface area contributed by atoms with E-state index in [0.29, 0.717) is 11.3 Å². The number of azide groups is 1. The van der Waals surface area contributed by atoms with E-state index in [-0.39, 0.29) is 0 Å². The quantitative estimate of drug-likeness (QED) is 0.398. The van der Waals surface area contributed by atoms with E-state index in [2.05, 4.69) is 26.6 Å².